The molecule has 0 bridgehead atoms. The van der Waals surface area contributed by atoms with E-state index in [9.17, 15) is 20.1 Å². The monoisotopic (exact) mass is 648 g/mol. The van der Waals surface area contributed by atoms with Crippen molar-refractivity contribution in [2.45, 2.75) is 76.8 Å². The lowest BCUT2D eigenvalue weighted by Gasteiger charge is -2.28. The Morgan fingerprint density at radius 2 is 1.90 bits per heavy atom. The van der Waals surface area contributed by atoms with E-state index >= 15 is 0 Å². The van der Waals surface area contributed by atoms with Crippen molar-refractivity contribution in [3.63, 3.8) is 0 Å². The van der Waals surface area contributed by atoms with E-state index in [0.717, 1.165) is 60.0 Å². The van der Waals surface area contributed by atoms with Crippen molar-refractivity contribution < 1.29 is 24.9 Å². The van der Waals surface area contributed by atoms with Gasteiger partial charge in [-0.05, 0) is 95.8 Å². The topological polar surface area (TPSA) is 140 Å². The Kier molecular flexibility index (Phi) is 12.2. The highest BCUT2D eigenvalue weighted by molar-refractivity contribution is 5.89. The lowest BCUT2D eigenvalue weighted by molar-refractivity contribution is -0.307. The smallest absolute Gasteiger partial charge is 0.161 e. The van der Waals surface area contributed by atoms with Gasteiger partial charge in [-0.3, -0.25) is 15.1 Å². The van der Waals surface area contributed by atoms with Gasteiger partial charge in [0.1, 0.15) is 5.75 Å². The number of nitrogens with zero attached hydrogens (tertiary/aromatic N) is 1. The predicted molar refractivity (Wildman–Crippen MR) is 188 cm³/mol. The summed E-state index contributed by atoms with van der Waals surface area (Å²) in [7, 11) is 0. The molecule has 8 nitrogen and oxygen atoms in total. The van der Waals surface area contributed by atoms with Gasteiger partial charge in [-0.2, -0.15) is 0 Å². The second-order valence-corrected chi connectivity index (χ2v) is 12.5. The lowest BCUT2D eigenvalue weighted by atomic mass is 9.83. The van der Waals surface area contributed by atoms with Crippen molar-refractivity contribution in [2.24, 2.45) is 10.7 Å². The Balaban J connectivity index is 1.28. The van der Waals surface area contributed by atoms with Crippen LogP contribution < -0.4 is 20.9 Å². The fourth-order valence-electron chi connectivity index (χ4n) is 6.22. The van der Waals surface area contributed by atoms with E-state index in [0.29, 0.717) is 36.1 Å². The van der Waals surface area contributed by atoms with Crippen LogP contribution in [0.3, 0.4) is 0 Å². The van der Waals surface area contributed by atoms with Gasteiger partial charge in [0.05, 0.1) is 12.8 Å². The first kappa shape index (κ1) is 34.7. The number of hydrogen-bond acceptors (Lipinski definition) is 8. The van der Waals surface area contributed by atoms with E-state index in [-0.39, 0.29) is 48.2 Å². The molecule has 2 aliphatic heterocycles. The standard InChI is InChI=1S/C40H47N3O5/c1-2-3-4-5-6-7-32(44)12-8-27-10-15-37(46)39(23-27)48-21-18-28-9-14-36(45)35(22-28)34(25-38(47)31-16-19-42-26-31)29-11-13-33-30(24-29)17-20-43-40(33)41/h6-7,9-11,13-16,19,22-24,26,34,40,43,45-47H,2-5,8,12,17-18,20-21,25,41H2,1H3/p-1/b7-6+,38-31?/t34-,40-/m1/s1. The molecule has 0 radical (unpaired) electrons. The molecule has 0 unspecified atom stereocenters. The predicted octanol–water partition coefficient (Wildman–Crippen LogP) is 6.20. The number of nitrogens with two attached hydrogens (primary N) is 1. The van der Waals surface area contributed by atoms with Crippen molar-refractivity contribution in [1.29, 1.82) is 0 Å². The van der Waals surface area contributed by atoms with Crippen molar-refractivity contribution in [2.75, 3.05) is 13.2 Å². The molecule has 0 saturated carbocycles. The van der Waals surface area contributed by atoms with E-state index in [1.165, 1.54) is 6.42 Å². The number of hydrogen-bond donors (Lipinski definition) is 4. The Bertz CT molecular complexity index is 1690. The number of rotatable bonds is 16. The second-order valence-electron chi connectivity index (χ2n) is 12.5. The number of aryl methyl sites for hydroxylation is 1. The van der Waals surface area contributed by atoms with Gasteiger partial charge in [-0.1, -0.05) is 62.2 Å². The van der Waals surface area contributed by atoms with Crippen LogP contribution in [0.1, 0.15) is 90.9 Å². The van der Waals surface area contributed by atoms with Gasteiger partial charge in [0, 0.05) is 43.3 Å². The Morgan fingerprint density at radius 3 is 2.69 bits per heavy atom. The maximum absolute atomic E-state index is 13.3. The van der Waals surface area contributed by atoms with Crippen LogP contribution in [-0.4, -0.2) is 35.4 Å². The molecule has 3 aromatic carbocycles. The molecule has 2 heterocycles. The van der Waals surface area contributed by atoms with E-state index < -0.39 is 0 Å². The summed E-state index contributed by atoms with van der Waals surface area (Å²) in [5.74, 6) is 0.163. The molecule has 0 fully saturated rings. The molecule has 3 aromatic rings. The van der Waals surface area contributed by atoms with Crippen LogP contribution in [0.25, 0.3) is 0 Å². The highest BCUT2D eigenvalue weighted by Gasteiger charge is 2.23. The zero-order valence-electron chi connectivity index (χ0n) is 27.7. The number of phenols is 2. The number of aliphatic imine (C=N–C) groups is 1. The van der Waals surface area contributed by atoms with Gasteiger partial charge < -0.3 is 25.8 Å². The van der Waals surface area contributed by atoms with Crippen molar-refractivity contribution in [1.82, 2.24) is 5.32 Å². The lowest BCUT2D eigenvalue weighted by Crippen LogP contribution is -2.35. The second kappa shape index (κ2) is 16.9. The Hall–Kier alpha value is -4.66. The number of unbranched alkanes of at least 4 members (excludes halogenated alkanes) is 3. The summed E-state index contributed by atoms with van der Waals surface area (Å²) < 4.78 is 6.00. The van der Waals surface area contributed by atoms with Gasteiger partial charge in [-0.15, -0.1) is 5.76 Å². The molecule has 2 aliphatic rings. The SMILES string of the molecule is CCCCC/C=C/C(=O)CCc1ccc(O)c(OCCc2ccc(O)c([C@H](CC([O-])=C3C=CN=C3)c3ccc4c(c3)CCN[C@H]4N)c2)c1. The van der Waals surface area contributed by atoms with Crippen LogP contribution in [0, 0.1) is 0 Å². The number of phenolic OH excluding ortho intramolecular Hbond substituents is 2. The number of carbonyl (C=O) groups is 1. The molecular weight excluding hydrogens is 602 g/mol. The summed E-state index contributed by atoms with van der Waals surface area (Å²) in [5, 5.41) is 38.2. The highest BCUT2D eigenvalue weighted by Crippen LogP contribution is 2.38. The normalized spacial score (nSPS) is 17.1. The van der Waals surface area contributed by atoms with Gasteiger partial charge in [-0.25, -0.2) is 0 Å². The van der Waals surface area contributed by atoms with E-state index in [4.69, 9.17) is 10.5 Å². The van der Waals surface area contributed by atoms with Crippen LogP contribution >= 0.6 is 0 Å². The number of nitrogens with one attached hydrogen (secondary N) is 1. The number of carbonyl (C=O) groups excluding carboxylic acids is 1. The first-order valence-electron chi connectivity index (χ1n) is 17.0. The molecule has 8 heteroatoms. The third-order valence-electron chi connectivity index (χ3n) is 9.01. The van der Waals surface area contributed by atoms with Crippen LogP contribution in [-0.2, 0) is 24.1 Å². The molecule has 5 N–H and O–H groups in total. The molecule has 252 valence electrons. The summed E-state index contributed by atoms with van der Waals surface area (Å²) in [6.45, 7) is 3.22. The first-order valence-corrected chi connectivity index (χ1v) is 17.0. The van der Waals surface area contributed by atoms with E-state index in [2.05, 4.69) is 23.3 Å². The van der Waals surface area contributed by atoms with E-state index in [1.54, 1.807) is 42.8 Å². The minimum absolute atomic E-state index is 0.0372. The number of fused-ring (bicyclic) bond motifs is 1. The number of ketones is 1. The molecule has 48 heavy (non-hydrogen) atoms. The van der Waals surface area contributed by atoms with Gasteiger partial charge in [0.2, 0.25) is 0 Å². The molecule has 0 spiro atoms. The molecule has 0 aromatic heterocycles. The van der Waals surface area contributed by atoms with Gasteiger partial charge in [0.15, 0.2) is 17.3 Å². The van der Waals surface area contributed by atoms with Crippen LogP contribution in [0.4, 0.5) is 0 Å². The fraction of sp³-hybridized carbons (Fsp3) is 0.350. The first-order chi connectivity index (χ1) is 23.3. The Morgan fingerprint density at radius 1 is 1.08 bits per heavy atom. The van der Waals surface area contributed by atoms with Crippen LogP contribution in [0.15, 0.2) is 95.3 Å². The summed E-state index contributed by atoms with van der Waals surface area (Å²) in [6.07, 6.45) is 15.1. The van der Waals surface area contributed by atoms with Crippen molar-refractivity contribution in [3.05, 3.63) is 124 Å². The molecule has 2 atom stereocenters. The number of benzene rings is 3. The van der Waals surface area contributed by atoms with Crippen LogP contribution in [0.2, 0.25) is 0 Å². The maximum Gasteiger partial charge on any atom is 0.161 e. The zero-order valence-corrected chi connectivity index (χ0v) is 27.7. The number of allylic oxidation sites excluding steroid dienone is 5. The summed E-state index contributed by atoms with van der Waals surface area (Å²) in [4.78, 5) is 16.4. The average Bonchev–Trinajstić information content (AvgIpc) is 3.64. The van der Waals surface area contributed by atoms with Crippen molar-refractivity contribution in [3.8, 4) is 17.2 Å². The zero-order chi connectivity index (χ0) is 33.9. The summed E-state index contributed by atoms with van der Waals surface area (Å²) in [5.41, 5.74) is 12.4. The summed E-state index contributed by atoms with van der Waals surface area (Å²) >= 11 is 0. The van der Waals surface area contributed by atoms with Gasteiger partial charge in [0.25, 0.3) is 0 Å². The molecule has 5 rings (SSSR count). The maximum atomic E-state index is 13.3. The van der Waals surface area contributed by atoms with Crippen LogP contribution in [0.5, 0.6) is 17.2 Å². The average molecular weight is 649 g/mol. The largest absolute Gasteiger partial charge is 0.875 e. The third kappa shape index (κ3) is 9.24. The number of ether oxygens (including phenoxy) is 1. The number of aromatic hydroxyl groups is 2. The minimum Gasteiger partial charge on any atom is -0.875 e. The third-order valence-corrected chi connectivity index (χ3v) is 9.01. The molecule has 0 saturated heterocycles. The quantitative estimate of drug-likeness (QED) is 0.0824. The summed E-state index contributed by atoms with van der Waals surface area (Å²) in [6, 6.07) is 16.8. The van der Waals surface area contributed by atoms with Crippen molar-refractivity contribution >= 4 is 12.0 Å². The minimum atomic E-state index is -0.390. The fourth-order valence-corrected chi connectivity index (χ4v) is 6.22. The molecular formula is C40H46N3O5-. The highest BCUT2D eigenvalue weighted by atomic mass is 16.5. The van der Waals surface area contributed by atoms with Gasteiger partial charge >= 0.3 is 0 Å². The molecule has 0 aliphatic carbocycles. The molecule has 0 amide bonds. The Labute approximate surface area is 283 Å². The van der Waals surface area contributed by atoms with E-state index in [1.807, 2.05) is 36.4 Å².